The first-order valence-corrected chi connectivity index (χ1v) is 6.28. The summed E-state index contributed by atoms with van der Waals surface area (Å²) in [6.45, 7) is 0.983. The molecule has 0 spiro atoms. The van der Waals surface area contributed by atoms with Crippen molar-refractivity contribution in [2.45, 2.75) is 19.3 Å². The summed E-state index contributed by atoms with van der Waals surface area (Å²) in [5.41, 5.74) is 7.31. The third-order valence-electron chi connectivity index (χ3n) is 2.82. The summed E-state index contributed by atoms with van der Waals surface area (Å²) in [6.07, 6.45) is 4.00. The fraction of sp³-hybridized carbons (Fsp3) is 0.417. The Hall–Kier alpha value is -0.800. The molecule has 1 aromatic carbocycles. The van der Waals surface area contributed by atoms with E-state index in [1.54, 1.807) is 0 Å². The van der Waals surface area contributed by atoms with Gasteiger partial charge in [0.15, 0.2) is 0 Å². The van der Waals surface area contributed by atoms with Crippen LogP contribution < -0.4 is 11.1 Å². The van der Waals surface area contributed by atoms with E-state index in [9.17, 15) is 0 Å². The molecular formula is C12H15ClN2S. The lowest BCUT2D eigenvalue weighted by molar-refractivity contribution is 0.760. The minimum atomic E-state index is 0.381. The van der Waals surface area contributed by atoms with Crippen LogP contribution in [0, 0.1) is 5.92 Å². The lowest BCUT2D eigenvalue weighted by atomic mass is 10.2. The van der Waals surface area contributed by atoms with Crippen LogP contribution in [0.5, 0.6) is 0 Å². The number of thiocarbonyl (C=S) groups is 1. The molecule has 0 atom stereocenters. The van der Waals surface area contributed by atoms with E-state index in [0.717, 1.165) is 23.7 Å². The van der Waals surface area contributed by atoms with Crippen molar-refractivity contribution in [1.29, 1.82) is 0 Å². The Morgan fingerprint density at radius 1 is 1.50 bits per heavy atom. The lowest BCUT2D eigenvalue weighted by Crippen LogP contribution is -2.10. The summed E-state index contributed by atoms with van der Waals surface area (Å²) in [5, 5.41) is 4.02. The first kappa shape index (κ1) is 11.7. The van der Waals surface area contributed by atoms with Crippen LogP contribution in [0.2, 0.25) is 5.02 Å². The van der Waals surface area contributed by atoms with Gasteiger partial charge in [-0.2, -0.15) is 0 Å². The standard InChI is InChI=1S/C12H15ClN2S/c13-10-7-9(12(14)16)3-4-11(10)15-6-5-8-1-2-8/h3-4,7-8,15H,1-2,5-6H2,(H2,14,16). The smallest absolute Gasteiger partial charge is 0.104 e. The molecule has 0 amide bonds. The van der Waals surface area contributed by atoms with Gasteiger partial charge in [0.2, 0.25) is 0 Å². The van der Waals surface area contributed by atoms with E-state index in [1.807, 2.05) is 18.2 Å². The van der Waals surface area contributed by atoms with Crippen LogP contribution in [0.4, 0.5) is 5.69 Å². The Kier molecular flexibility index (Phi) is 3.66. The average molecular weight is 255 g/mol. The van der Waals surface area contributed by atoms with Crippen LogP contribution in [-0.2, 0) is 0 Å². The zero-order chi connectivity index (χ0) is 11.5. The van der Waals surface area contributed by atoms with E-state index < -0.39 is 0 Å². The molecule has 0 heterocycles. The van der Waals surface area contributed by atoms with Gasteiger partial charge in [-0.1, -0.05) is 36.7 Å². The van der Waals surface area contributed by atoms with E-state index in [4.69, 9.17) is 29.6 Å². The maximum Gasteiger partial charge on any atom is 0.104 e. The van der Waals surface area contributed by atoms with Crippen molar-refractivity contribution in [1.82, 2.24) is 0 Å². The number of hydrogen-bond donors (Lipinski definition) is 2. The van der Waals surface area contributed by atoms with E-state index in [2.05, 4.69) is 5.32 Å². The zero-order valence-electron chi connectivity index (χ0n) is 9.00. The van der Waals surface area contributed by atoms with Crippen molar-refractivity contribution < 1.29 is 0 Å². The number of hydrogen-bond acceptors (Lipinski definition) is 2. The lowest BCUT2D eigenvalue weighted by Gasteiger charge is -2.09. The van der Waals surface area contributed by atoms with Gasteiger partial charge in [-0.05, 0) is 30.5 Å². The molecule has 3 N–H and O–H groups in total. The van der Waals surface area contributed by atoms with Gasteiger partial charge in [-0.15, -0.1) is 0 Å². The van der Waals surface area contributed by atoms with Crippen LogP contribution >= 0.6 is 23.8 Å². The fourth-order valence-corrected chi connectivity index (χ4v) is 2.00. The second kappa shape index (κ2) is 5.02. The Morgan fingerprint density at radius 3 is 2.81 bits per heavy atom. The molecule has 2 nitrogen and oxygen atoms in total. The normalized spacial score (nSPS) is 14.8. The Morgan fingerprint density at radius 2 is 2.25 bits per heavy atom. The molecule has 1 aliphatic carbocycles. The molecule has 16 heavy (non-hydrogen) atoms. The third-order valence-corrected chi connectivity index (χ3v) is 3.37. The molecule has 1 saturated carbocycles. The Labute approximate surface area is 106 Å². The van der Waals surface area contributed by atoms with E-state index in [-0.39, 0.29) is 0 Å². The van der Waals surface area contributed by atoms with Crippen molar-refractivity contribution in [3.8, 4) is 0 Å². The summed E-state index contributed by atoms with van der Waals surface area (Å²) >= 11 is 11.0. The average Bonchev–Trinajstić information content (AvgIpc) is 3.04. The second-order valence-electron chi connectivity index (χ2n) is 4.22. The molecule has 0 saturated heterocycles. The van der Waals surface area contributed by atoms with Gasteiger partial charge in [0, 0.05) is 12.1 Å². The van der Waals surface area contributed by atoms with Gasteiger partial charge >= 0.3 is 0 Å². The molecule has 1 aliphatic rings. The van der Waals surface area contributed by atoms with Crippen molar-refractivity contribution >= 4 is 34.5 Å². The van der Waals surface area contributed by atoms with E-state index in [0.29, 0.717) is 10.0 Å². The van der Waals surface area contributed by atoms with Gasteiger partial charge in [0.05, 0.1) is 10.7 Å². The Balaban J connectivity index is 1.95. The molecule has 2 rings (SSSR count). The molecule has 0 bridgehead atoms. The summed E-state index contributed by atoms with van der Waals surface area (Å²) in [5.74, 6) is 0.933. The van der Waals surface area contributed by atoms with Crippen molar-refractivity contribution in [2.75, 3.05) is 11.9 Å². The van der Waals surface area contributed by atoms with E-state index >= 15 is 0 Å². The SMILES string of the molecule is NC(=S)c1ccc(NCCC2CC2)c(Cl)c1. The topological polar surface area (TPSA) is 38.0 Å². The van der Waals surface area contributed by atoms with E-state index in [1.165, 1.54) is 19.3 Å². The highest BCUT2D eigenvalue weighted by Crippen LogP contribution is 2.32. The fourth-order valence-electron chi connectivity index (χ4n) is 1.63. The van der Waals surface area contributed by atoms with Gasteiger partial charge < -0.3 is 11.1 Å². The number of rotatable bonds is 5. The van der Waals surface area contributed by atoms with Crippen LogP contribution in [0.25, 0.3) is 0 Å². The summed E-state index contributed by atoms with van der Waals surface area (Å²) < 4.78 is 0. The molecule has 4 heteroatoms. The van der Waals surface area contributed by atoms with Crippen molar-refractivity contribution in [2.24, 2.45) is 11.7 Å². The van der Waals surface area contributed by atoms with Gasteiger partial charge in [0.25, 0.3) is 0 Å². The van der Waals surface area contributed by atoms with Crippen molar-refractivity contribution in [3.63, 3.8) is 0 Å². The van der Waals surface area contributed by atoms with Gasteiger partial charge in [0.1, 0.15) is 4.99 Å². The molecule has 1 aromatic rings. The number of halogens is 1. The highest BCUT2D eigenvalue weighted by atomic mass is 35.5. The molecule has 86 valence electrons. The maximum atomic E-state index is 6.13. The van der Waals surface area contributed by atoms with Gasteiger partial charge in [-0.3, -0.25) is 0 Å². The number of benzene rings is 1. The number of nitrogens with one attached hydrogen (secondary N) is 1. The minimum Gasteiger partial charge on any atom is -0.389 e. The molecule has 0 radical (unpaired) electrons. The quantitative estimate of drug-likeness (QED) is 0.793. The number of nitrogens with two attached hydrogens (primary N) is 1. The first-order chi connectivity index (χ1) is 7.66. The monoisotopic (exact) mass is 254 g/mol. The predicted molar refractivity (Wildman–Crippen MR) is 73.2 cm³/mol. The maximum absolute atomic E-state index is 6.13. The summed E-state index contributed by atoms with van der Waals surface area (Å²) in [4.78, 5) is 0.381. The van der Waals surface area contributed by atoms with Crippen LogP contribution in [0.1, 0.15) is 24.8 Å². The summed E-state index contributed by atoms with van der Waals surface area (Å²) in [6, 6.07) is 5.64. The van der Waals surface area contributed by atoms with Crippen molar-refractivity contribution in [3.05, 3.63) is 28.8 Å². The third kappa shape index (κ3) is 3.09. The highest BCUT2D eigenvalue weighted by molar-refractivity contribution is 7.80. The first-order valence-electron chi connectivity index (χ1n) is 5.50. The largest absolute Gasteiger partial charge is 0.389 e. The minimum absolute atomic E-state index is 0.381. The predicted octanol–water partition coefficient (Wildman–Crippen LogP) is 3.19. The zero-order valence-corrected chi connectivity index (χ0v) is 10.6. The molecule has 0 aromatic heterocycles. The Bertz CT molecular complexity index is 402. The van der Waals surface area contributed by atoms with Gasteiger partial charge in [-0.25, -0.2) is 0 Å². The molecular weight excluding hydrogens is 240 g/mol. The number of anilines is 1. The summed E-state index contributed by atoms with van der Waals surface area (Å²) in [7, 11) is 0. The highest BCUT2D eigenvalue weighted by Gasteiger charge is 2.20. The molecule has 0 unspecified atom stereocenters. The second-order valence-corrected chi connectivity index (χ2v) is 5.06. The molecule has 0 aliphatic heterocycles. The van der Waals surface area contributed by atoms with Crippen LogP contribution in [-0.4, -0.2) is 11.5 Å². The molecule has 1 fully saturated rings. The van der Waals surface area contributed by atoms with Crippen LogP contribution in [0.3, 0.4) is 0 Å². The van der Waals surface area contributed by atoms with Crippen LogP contribution in [0.15, 0.2) is 18.2 Å².